The van der Waals surface area contributed by atoms with Crippen LogP contribution in [0.2, 0.25) is 0 Å². The zero-order chi connectivity index (χ0) is 11.7. The first-order valence-corrected chi connectivity index (χ1v) is 5.46. The summed E-state index contributed by atoms with van der Waals surface area (Å²) in [6.07, 6.45) is 0. The van der Waals surface area contributed by atoms with E-state index in [0.29, 0.717) is 0 Å². The van der Waals surface area contributed by atoms with E-state index in [4.69, 9.17) is 5.11 Å². The maximum absolute atomic E-state index is 11.7. The third-order valence-corrected chi connectivity index (χ3v) is 3.20. The average Bonchev–Trinajstić information content (AvgIpc) is 2.74. The highest BCUT2D eigenvalue weighted by atomic mass is 32.1. The molecule has 0 saturated heterocycles. The van der Waals surface area contributed by atoms with Crippen molar-refractivity contribution in [3.63, 3.8) is 0 Å². The quantitative estimate of drug-likeness (QED) is 0.863. The van der Waals surface area contributed by atoms with Crippen LogP contribution >= 0.6 is 11.3 Å². The van der Waals surface area contributed by atoms with Crippen LogP contribution in [0.1, 0.15) is 10.4 Å². The molecule has 0 saturated carbocycles. The smallest absolute Gasteiger partial charge is 0.341 e. The van der Waals surface area contributed by atoms with Crippen molar-refractivity contribution in [2.24, 2.45) is 7.05 Å². The number of hydrogen-bond donors (Lipinski definition) is 1. The lowest BCUT2D eigenvalue weighted by Gasteiger charge is -2.06. The molecule has 0 aliphatic carbocycles. The number of pyridine rings is 1. The Labute approximate surface area is 95.4 Å². The van der Waals surface area contributed by atoms with Crippen LogP contribution < -0.4 is 5.56 Å². The fourth-order valence-corrected chi connectivity index (χ4v) is 2.26. The second-order valence-corrected chi connectivity index (χ2v) is 4.23. The van der Waals surface area contributed by atoms with E-state index in [2.05, 4.69) is 0 Å². The Balaban J connectivity index is 2.65. The topological polar surface area (TPSA) is 59.3 Å². The number of thiophene rings is 1. The first-order chi connectivity index (χ1) is 7.61. The van der Waals surface area contributed by atoms with Crippen LogP contribution in [0.15, 0.2) is 34.4 Å². The van der Waals surface area contributed by atoms with Crippen molar-refractivity contribution in [3.05, 3.63) is 45.6 Å². The van der Waals surface area contributed by atoms with Crippen LogP contribution in [0.3, 0.4) is 0 Å². The molecule has 0 radical (unpaired) electrons. The van der Waals surface area contributed by atoms with E-state index < -0.39 is 11.5 Å². The predicted molar refractivity (Wildman–Crippen MR) is 62.0 cm³/mol. The van der Waals surface area contributed by atoms with Gasteiger partial charge < -0.3 is 9.67 Å². The number of carboxylic acids is 1. The maximum atomic E-state index is 11.7. The normalized spacial score (nSPS) is 10.3. The number of carbonyl (C=O) groups is 1. The van der Waals surface area contributed by atoms with Crippen LogP contribution in [-0.2, 0) is 7.05 Å². The summed E-state index contributed by atoms with van der Waals surface area (Å²) in [5, 5.41) is 10.7. The van der Waals surface area contributed by atoms with E-state index in [1.807, 2.05) is 17.5 Å². The summed E-state index contributed by atoms with van der Waals surface area (Å²) < 4.78 is 1.36. The molecule has 0 aliphatic heterocycles. The maximum Gasteiger partial charge on any atom is 0.341 e. The van der Waals surface area contributed by atoms with Crippen molar-refractivity contribution in [1.29, 1.82) is 0 Å². The molecule has 4 nitrogen and oxygen atoms in total. The van der Waals surface area contributed by atoms with Crippen LogP contribution in [0.4, 0.5) is 0 Å². The average molecular weight is 235 g/mol. The number of rotatable bonds is 2. The van der Waals surface area contributed by atoms with E-state index in [0.717, 1.165) is 10.6 Å². The third kappa shape index (κ3) is 1.65. The fraction of sp³-hybridized carbons (Fsp3) is 0.0909. The van der Waals surface area contributed by atoms with Crippen molar-refractivity contribution < 1.29 is 9.90 Å². The highest BCUT2D eigenvalue weighted by Crippen LogP contribution is 2.22. The number of aromatic carboxylic acids is 1. The van der Waals surface area contributed by atoms with Crippen molar-refractivity contribution in [3.8, 4) is 10.6 Å². The molecule has 0 aliphatic rings. The predicted octanol–water partition coefficient (Wildman–Crippen LogP) is 1.81. The minimum Gasteiger partial charge on any atom is -0.477 e. The van der Waals surface area contributed by atoms with Gasteiger partial charge in [-0.1, -0.05) is 6.07 Å². The second kappa shape index (κ2) is 3.94. The van der Waals surface area contributed by atoms with E-state index in [1.54, 1.807) is 13.1 Å². The highest BCUT2D eigenvalue weighted by molar-refractivity contribution is 7.13. The molecule has 0 bridgehead atoms. The third-order valence-electron chi connectivity index (χ3n) is 2.31. The Morgan fingerprint density at radius 3 is 2.69 bits per heavy atom. The molecule has 2 aromatic rings. The van der Waals surface area contributed by atoms with Crippen LogP contribution in [0.5, 0.6) is 0 Å². The molecule has 2 aromatic heterocycles. The van der Waals surface area contributed by atoms with Gasteiger partial charge in [-0.05, 0) is 23.6 Å². The Kier molecular flexibility index (Phi) is 2.62. The first kappa shape index (κ1) is 10.6. The van der Waals surface area contributed by atoms with Crippen molar-refractivity contribution >= 4 is 17.3 Å². The highest BCUT2D eigenvalue weighted by Gasteiger charge is 2.12. The largest absolute Gasteiger partial charge is 0.477 e. The Morgan fingerprint density at radius 2 is 2.12 bits per heavy atom. The lowest BCUT2D eigenvalue weighted by atomic mass is 10.2. The number of carboxylic acid groups (broad SMARTS) is 1. The molecular formula is C11H9NO3S. The molecule has 0 amide bonds. The molecule has 0 atom stereocenters. The zero-order valence-electron chi connectivity index (χ0n) is 8.51. The Hall–Kier alpha value is -1.88. The summed E-state index contributed by atoms with van der Waals surface area (Å²) in [4.78, 5) is 23.4. The Bertz CT molecular complexity index is 584. The summed E-state index contributed by atoms with van der Waals surface area (Å²) in [5.74, 6) is -1.20. The van der Waals surface area contributed by atoms with Crippen molar-refractivity contribution in [1.82, 2.24) is 4.57 Å². The molecule has 2 rings (SSSR count). The molecule has 1 N–H and O–H groups in total. The van der Waals surface area contributed by atoms with E-state index >= 15 is 0 Å². The lowest BCUT2D eigenvalue weighted by molar-refractivity contribution is 0.0694. The minimum absolute atomic E-state index is 0.206. The molecule has 0 aromatic carbocycles. The first-order valence-electron chi connectivity index (χ1n) is 4.58. The summed E-state index contributed by atoms with van der Waals surface area (Å²) in [6.45, 7) is 0. The van der Waals surface area contributed by atoms with Gasteiger partial charge in [-0.25, -0.2) is 4.79 Å². The van der Waals surface area contributed by atoms with Crippen LogP contribution in [0.25, 0.3) is 10.6 Å². The van der Waals surface area contributed by atoms with E-state index in [-0.39, 0.29) is 5.56 Å². The molecule has 5 heteroatoms. The fourth-order valence-electron chi connectivity index (χ4n) is 1.47. The van der Waals surface area contributed by atoms with Gasteiger partial charge in [0.15, 0.2) is 0 Å². The van der Waals surface area contributed by atoms with Gasteiger partial charge in [-0.3, -0.25) is 4.79 Å². The van der Waals surface area contributed by atoms with Gasteiger partial charge in [-0.15, -0.1) is 11.3 Å². The molecule has 0 spiro atoms. The molecule has 0 unspecified atom stereocenters. The van der Waals surface area contributed by atoms with Gasteiger partial charge in [0.1, 0.15) is 5.56 Å². The van der Waals surface area contributed by atoms with Gasteiger partial charge in [0.2, 0.25) is 0 Å². The zero-order valence-corrected chi connectivity index (χ0v) is 9.32. The van der Waals surface area contributed by atoms with Gasteiger partial charge >= 0.3 is 5.97 Å². The summed E-state index contributed by atoms with van der Waals surface area (Å²) >= 11 is 1.51. The van der Waals surface area contributed by atoms with Crippen LogP contribution in [0, 0.1) is 0 Å². The van der Waals surface area contributed by atoms with E-state index in [9.17, 15) is 9.59 Å². The second-order valence-electron chi connectivity index (χ2n) is 3.28. The SMILES string of the molecule is Cn1c(-c2cccs2)ccc(C(=O)O)c1=O. The van der Waals surface area contributed by atoms with Gasteiger partial charge in [0.05, 0.1) is 10.6 Å². The molecule has 82 valence electrons. The monoisotopic (exact) mass is 235 g/mol. The van der Waals surface area contributed by atoms with Crippen molar-refractivity contribution in [2.75, 3.05) is 0 Å². The van der Waals surface area contributed by atoms with Gasteiger partial charge in [0, 0.05) is 7.05 Å². The van der Waals surface area contributed by atoms with Gasteiger partial charge in [0.25, 0.3) is 5.56 Å². The molecule has 16 heavy (non-hydrogen) atoms. The molecule has 0 fully saturated rings. The number of nitrogens with zero attached hydrogens (tertiary/aromatic N) is 1. The number of hydrogen-bond acceptors (Lipinski definition) is 3. The number of aromatic nitrogens is 1. The van der Waals surface area contributed by atoms with Crippen LogP contribution in [-0.4, -0.2) is 15.6 Å². The Morgan fingerprint density at radius 1 is 1.38 bits per heavy atom. The van der Waals surface area contributed by atoms with E-state index in [1.165, 1.54) is 22.0 Å². The van der Waals surface area contributed by atoms with Crippen molar-refractivity contribution in [2.45, 2.75) is 0 Å². The van der Waals surface area contributed by atoms with Gasteiger partial charge in [-0.2, -0.15) is 0 Å². The lowest BCUT2D eigenvalue weighted by Crippen LogP contribution is -2.24. The summed E-state index contributed by atoms with van der Waals surface area (Å²) in [5.41, 5.74) is 0.0335. The summed E-state index contributed by atoms with van der Waals surface area (Å²) in [7, 11) is 1.57. The standard InChI is InChI=1S/C11H9NO3S/c1-12-8(9-3-2-6-16-9)5-4-7(10(12)13)11(14)15/h2-6H,1H3,(H,14,15). The summed E-state index contributed by atoms with van der Waals surface area (Å²) in [6, 6.07) is 6.77. The molecular weight excluding hydrogens is 226 g/mol. The minimum atomic E-state index is -1.20. The molecule has 2 heterocycles.